The maximum absolute atomic E-state index is 5.60. The van der Waals surface area contributed by atoms with Crippen molar-refractivity contribution >= 4 is 0 Å². The van der Waals surface area contributed by atoms with Gasteiger partial charge in [0.25, 0.3) is 0 Å². The highest BCUT2D eigenvalue weighted by Gasteiger charge is 2.29. The molecule has 1 aliphatic carbocycles. The number of benzene rings is 1. The molecule has 1 N–H and O–H groups in total. The summed E-state index contributed by atoms with van der Waals surface area (Å²) in [5.74, 6) is 1.09. The molecule has 1 heterocycles. The van der Waals surface area contributed by atoms with Crippen molar-refractivity contribution in [3.8, 4) is 5.75 Å². The van der Waals surface area contributed by atoms with Gasteiger partial charge in [-0.1, -0.05) is 38.8 Å². The van der Waals surface area contributed by atoms with Crippen LogP contribution in [0.3, 0.4) is 0 Å². The first-order chi connectivity index (χ1) is 9.70. The van der Waals surface area contributed by atoms with Gasteiger partial charge in [0.1, 0.15) is 5.75 Å². The number of hydrogen-bond donors (Lipinski definition) is 1. The fourth-order valence-corrected chi connectivity index (χ4v) is 3.70. The van der Waals surface area contributed by atoms with E-state index in [1.807, 2.05) is 0 Å². The van der Waals surface area contributed by atoms with E-state index in [0.717, 1.165) is 31.7 Å². The van der Waals surface area contributed by atoms with Crippen LogP contribution in [0.15, 0.2) is 18.2 Å². The van der Waals surface area contributed by atoms with E-state index in [0.29, 0.717) is 11.5 Å². The summed E-state index contributed by atoms with van der Waals surface area (Å²) in [5.41, 5.74) is 3.33. The summed E-state index contributed by atoms with van der Waals surface area (Å²) in [6.07, 6.45) is 7.80. The van der Waals surface area contributed by atoms with Gasteiger partial charge < -0.3 is 10.1 Å². The van der Waals surface area contributed by atoms with E-state index in [4.69, 9.17) is 4.74 Å². The van der Waals surface area contributed by atoms with Crippen molar-refractivity contribution in [2.75, 3.05) is 13.2 Å². The van der Waals surface area contributed by atoms with Gasteiger partial charge in [-0.05, 0) is 41.9 Å². The molecule has 0 aromatic heterocycles. The van der Waals surface area contributed by atoms with Crippen LogP contribution in [0.1, 0.15) is 63.1 Å². The number of nitrogens with one attached hydrogen (secondary N) is 1. The predicted molar refractivity (Wildman–Crippen MR) is 83.3 cm³/mol. The Morgan fingerprint density at radius 2 is 2.10 bits per heavy atom. The van der Waals surface area contributed by atoms with Crippen molar-refractivity contribution in [1.82, 2.24) is 5.32 Å². The third-order valence-electron chi connectivity index (χ3n) is 5.11. The largest absolute Gasteiger partial charge is 0.493 e. The lowest BCUT2D eigenvalue weighted by molar-refractivity contribution is 0.295. The molecule has 0 amide bonds. The van der Waals surface area contributed by atoms with Gasteiger partial charge in [0, 0.05) is 19.0 Å². The second kappa shape index (κ2) is 5.77. The molecule has 0 spiro atoms. The van der Waals surface area contributed by atoms with Gasteiger partial charge in [0.05, 0.1) is 6.61 Å². The molecule has 1 aromatic rings. The number of ether oxygens (including phenoxy) is 1. The minimum Gasteiger partial charge on any atom is -0.493 e. The zero-order chi connectivity index (χ0) is 14.0. The average Bonchev–Trinajstić information content (AvgIpc) is 3.08. The molecule has 2 nitrogen and oxygen atoms in total. The van der Waals surface area contributed by atoms with Crippen LogP contribution in [-0.4, -0.2) is 13.2 Å². The zero-order valence-electron chi connectivity index (χ0n) is 12.9. The fourth-order valence-electron chi connectivity index (χ4n) is 3.70. The van der Waals surface area contributed by atoms with Gasteiger partial charge in [-0.15, -0.1) is 0 Å². The highest BCUT2D eigenvalue weighted by atomic mass is 16.5. The molecular formula is C18H27NO. The van der Waals surface area contributed by atoms with Gasteiger partial charge in [0.15, 0.2) is 0 Å². The van der Waals surface area contributed by atoms with Crippen molar-refractivity contribution in [2.45, 2.75) is 58.4 Å². The predicted octanol–water partition coefficient (Wildman–Crippen LogP) is 4.24. The summed E-state index contributed by atoms with van der Waals surface area (Å²) in [6.45, 7) is 6.72. The normalized spacial score (nSPS) is 21.5. The SMILES string of the molecule is CCC(NCC1(C)CCCC1)c1ccc2c(c1)CCO2. The second-order valence-electron chi connectivity index (χ2n) is 6.83. The molecule has 0 saturated heterocycles. The van der Waals surface area contributed by atoms with E-state index in [2.05, 4.69) is 37.4 Å². The van der Waals surface area contributed by atoms with Gasteiger partial charge in [-0.3, -0.25) is 0 Å². The standard InChI is InChI=1S/C18H27NO/c1-3-16(19-13-18(2)9-4-5-10-18)14-6-7-17-15(12-14)8-11-20-17/h6-7,12,16,19H,3-5,8-11,13H2,1-2H3. The maximum atomic E-state index is 5.60. The second-order valence-corrected chi connectivity index (χ2v) is 6.83. The van der Waals surface area contributed by atoms with Crippen LogP contribution < -0.4 is 10.1 Å². The van der Waals surface area contributed by atoms with E-state index in [-0.39, 0.29) is 0 Å². The molecule has 1 fully saturated rings. The highest BCUT2D eigenvalue weighted by Crippen LogP contribution is 2.37. The molecular weight excluding hydrogens is 246 g/mol. The monoisotopic (exact) mass is 273 g/mol. The first-order valence-electron chi connectivity index (χ1n) is 8.19. The average molecular weight is 273 g/mol. The summed E-state index contributed by atoms with van der Waals surface area (Å²) in [6, 6.07) is 7.22. The lowest BCUT2D eigenvalue weighted by Crippen LogP contribution is -2.32. The summed E-state index contributed by atoms with van der Waals surface area (Å²) in [5, 5.41) is 3.82. The molecule has 20 heavy (non-hydrogen) atoms. The third kappa shape index (κ3) is 2.85. The molecule has 110 valence electrons. The first-order valence-corrected chi connectivity index (χ1v) is 8.19. The molecule has 3 rings (SSSR count). The molecule has 2 heteroatoms. The molecule has 1 aliphatic heterocycles. The maximum Gasteiger partial charge on any atom is 0.122 e. The van der Waals surface area contributed by atoms with Crippen LogP contribution in [-0.2, 0) is 6.42 Å². The topological polar surface area (TPSA) is 21.3 Å². The lowest BCUT2D eigenvalue weighted by Gasteiger charge is -2.28. The lowest BCUT2D eigenvalue weighted by atomic mass is 9.88. The van der Waals surface area contributed by atoms with Crippen LogP contribution in [0.25, 0.3) is 0 Å². The molecule has 1 saturated carbocycles. The number of hydrogen-bond acceptors (Lipinski definition) is 2. The van der Waals surface area contributed by atoms with Crippen molar-refractivity contribution < 1.29 is 4.74 Å². The smallest absolute Gasteiger partial charge is 0.122 e. The van der Waals surface area contributed by atoms with E-state index in [9.17, 15) is 0 Å². The van der Waals surface area contributed by atoms with Crippen LogP contribution in [0, 0.1) is 5.41 Å². The minimum absolute atomic E-state index is 0.485. The molecule has 1 aromatic carbocycles. The van der Waals surface area contributed by atoms with Crippen LogP contribution in [0.4, 0.5) is 0 Å². The Kier molecular flexibility index (Phi) is 4.02. The Balaban J connectivity index is 1.67. The third-order valence-corrected chi connectivity index (χ3v) is 5.11. The van der Waals surface area contributed by atoms with Crippen LogP contribution >= 0.6 is 0 Å². The van der Waals surface area contributed by atoms with Crippen molar-refractivity contribution in [1.29, 1.82) is 0 Å². The summed E-state index contributed by atoms with van der Waals surface area (Å²) in [4.78, 5) is 0. The minimum atomic E-state index is 0.485. The van der Waals surface area contributed by atoms with Crippen LogP contribution in [0.5, 0.6) is 5.75 Å². The van der Waals surface area contributed by atoms with Crippen molar-refractivity contribution in [3.05, 3.63) is 29.3 Å². The van der Waals surface area contributed by atoms with Crippen molar-refractivity contribution in [2.24, 2.45) is 5.41 Å². The van der Waals surface area contributed by atoms with E-state index >= 15 is 0 Å². The molecule has 0 radical (unpaired) electrons. The van der Waals surface area contributed by atoms with Gasteiger partial charge in [-0.25, -0.2) is 0 Å². The summed E-state index contributed by atoms with van der Waals surface area (Å²) < 4.78 is 5.60. The van der Waals surface area contributed by atoms with Crippen molar-refractivity contribution in [3.63, 3.8) is 0 Å². The zero-order valence-corrected chi connectivity index (χ0v) is 12.9. The van der Waals surface area contributed by atoms with Gasteiger partial charge >= 0.3 is 0 Å². The van der Waals surface area contributed by atoms with E-state index in [1.165, 1.54) is 36.8 Å². The molecule has 2 aliphatic rings. The van der Waals surface area contributed by atoms with E-state index in [1.54, 1.807) is 0 Å². The molecule has 1 unspecified atom stereocenters. The van der Waals surface area contributed by atoms with Gasteiger partial charge in [0.2, 0.25) is 0 Å². The number of rotatable bonds is 5. The molecule has 0 bridgehead atoms. The molecule has 1 atom stereocenters. The Bertz CT molecular complexity index is 462. The Labute approximate surface area is 122 Å². The summed E-state index contributed by atoms with van der Waals surface area (Å²) >= 11 is 0. The fraction of sp³-hybridized carbons (Fsp3) is 0.667. The van der Waals surface area contributed by atoms with Crippen LogP contribution in [0.2, 0.25) is 0 Å². The van der Waals surface area contributed by atoms with E-state index < -0.39 is 0 Å². The quantitative estimate of drug-likeness (QED) is 0.866. The Hall–Kier alpha value is -1.02. The Morgan fingerprint density at radius 3 is 2.85 bits per heavy atom. The number of fused-ring (bicyclic) bond motifs is 1. The highest BCUT2D eigenvalue weighted by molar-refractivity contribution is 5.40. The Morgan fingerprint density at radius 1 is 1.30 bits per heavy atom. The first kappa shape index (κ1) is 13.9. The summed E-state index contributed by atoms with van der Waals surface area (Å²) in [7, 11) is 0. The van der Waals surface area contributed by atoms with Gasteiger partial charge in [-0.2, -0.15) is 0 Å².